The zero-order chi connectivity index (χ0) is 10.7. The Labute approximate surface area is 89.2 Å². The molecule has 2 N–H and O–H groups in total. The van der Waals surface area contributed by atoms with Gasteiger partial charge in [0.15, 0.2) is 0 Å². The van der Waals surface area contributed by atoms with E-state index in [0.29, 0.717) is 5.56 Å². The van der Waals surface area contributed by atoms with E-state index in [9.17, 15) is 9.18 Å². The zero-order valence-electron chi connectivity index (χ0n) is 7.46. The van der Waals surface area contributed by atoms with Gasteiger partial charge in [-0.3, -0.25) is 4.79 Å². The maximum atomic E-state index is 13.1. The average molecular weight is 262 g/mol. The minimum Gasteiger partial charge on any atom is -0.468 e. The van der Waals surface area contributed by atoms with Crippen LogP contribution in [0.25, 0.3) is 0 Å². The number of benzene rings is 1. The molecule has 1 unspecified atom stereocenters. The molecule has 1 rings (SSSR count). The summed E-state index contributed by atoms with van der Waals surface area (Å²) in [5.41, 5.74) is 5.92. The third-order valence-corrected chi connectivity index (χ3v) is 2.61. The Balaban J connectivity index is 3.07. The average Bonchev–Trinajstić information content (AvgIpc) is 2.20. The van der Waals surface area contributed by atoms with Crippen molar-refractivity contribution < 1.29 is 13.9 Å². The molecule has 76 valence electrons. The number of carbonyl (C=O) groups is 1. The van der Waals surface area contributed by atoms with E-state index in [1.165, 1.54) is 19.2 Å². The Bertz CT molecular complexity index is 357. The molecule has 0 fully saturated rings. The third-order valence-electron chi connectivity index (χ3n) is 1.77. The maximum absolute atomic E-state index is 13.1. The number of methoxy groups -OCH3 is 1. The second-order valence-electron chi connectivity index (χ2n) is 2.64. The standard InChI is InChI=1S/C9H9BrFNO2/c1-14-9(13)8(12)5-3-2-4-6(11)7(5)10/h2-4,8H,12H2,1H3. The van der Waals surface area contributed by atoms with Crippen molar-refractivity contribution in [2.75, 3.05) is 7.11 Å². The van der Waals surface area contributed by atoms with E-state index in [0.717, 1.165) is 0 Å². The fraction of sp³-hybridized carbons (Fsp3) is 0.222. The third kappa shape index (κ3) is 2.10. The van der Waals surface area contributed by atoms with Crippen LogP contribution >= 0.6 is 15.9 Å². The van der Waals surface area contributed by atoms with E-state index < -0.39 is 17.8 Å². The molecule has 0 heterocycles. The van der Waals surface area contributed by atoms with Crippen molar-refractivity contribution >= 4 is 21.9 Å². The summed E-state index contributed by atoms with van der Waals surface area (Å²) in [6, 6.07) is 3.36. The van der Waals surface area contributed by atoms with Crippen LogP contribution in [0.3, 0.4) is 0 Å². The molecule has 1 aromatic carbocycles. The number of hydrogen-bond donors (Lipinski definition) is 1. The van der Waals surface area contributed by atoms with Gasteiger partial charge in [0, 0.05) is 0 Å². The van der Waals surface area contributed by atoms with Crippen LogP contribution in [0, 0.1) is 5.82 Å². The number of esters is 1. The first-order chi connectivity index (χ1) is 6.57. The fourth-order valence-corrected chi connectivity index (χ4v) is 1.53. The summed E-state index contributed by atoms with van der Waals surface area (Å²) < 4.78 is 17.7. The normalized spacial score (nSPS) is 12.3. The van der Waals surface area contributed by atoms with Gasteiger partial charge in [0.05, 0.1) is 11.6 Å². The molecule has 0 radical (unpaired) electrons. The summed E-state index contributed by atoms with van der Waals surface area (Å²) in [6.45, 7) is 0. The van der Waals surface area contributed by atoms with Crippen LogP contribution in [0.1, 0.15) is 11.6 Å². The molecule has 3 nitrogen and oxygen atoms in total. The second kappa shape index (κ2) is 4.52. The Hall–Kier alpha value is -0.940. The van der Waals surface area contributed by atoms with Crippen LogP contribution < -0.4 is 5.73 Å². The van der Waals surface area contributed by atoms with Crippen molar-refractivity contribution in [1.82, 2.24) is 0 Å². The minimum atomic E-state index is -0.968. The lowest BCUT2D eigenvalue weighted by Crippen LogP contribution is -2.23. The molecule has 0 aliphatic rings. The molecule has 0 saturated heterocycles. The quantitative estimate of drug-likeness (QED) is 0.826. The number of halogens is 2. The Morgan fingerprint density at radius 2 is 2.29 bits per heavy atom. The highest BCUT2D eigenvalue weighted by molar-refractivity contribution is 9.10. The van der Waals surface area contributed by atoms with E-state index in [-0.39, 0.29) is 4.47 Å². The van der Waals surface area contributed by atoms with Gasteiger partial charge in [-0.2, -0.15) is 0 Å². The Kier molecular flexibility index (Phi) is 3.60. The first kappa shape index (κ1) is 11.1. The first-order valence-corrected chi connectivity index (χ1v) is 4.64. The molecule has 0 aliphatic heterocycles. The van der Waals surface area contributed by atoms with Crippen molar-refractivity contribution in [3.05, 3.63) is 34.1 Å². The topological polar surface area (TPSA) is 52.3 Å². The molecule has 0 spiro atoms. The van der Waals surface area contributed by atoms with Crippen molar-refractivity contribution in [1.29, 1.82) is 0 Å². The van der Waals surface area contributed by atoms with E-state index in [1.54, 1.807) is 6.07 Å². The van der Waals surface area contributed by atoms with Crippen molar-refractivity contribution in [2.24, 2.45) is 5.73 Å². The van der Waals surface area contributed by atoms with E-state index >= 15 is 0 Å². The lowest BCUT2D eigenvalue weighted by molar-refractivity contribution is -0.142. The lowest BCUT2D eigenvalue weighted by atomic mass is 10.1. The van der Waals surface area contributed by atoms with Gasteiger partial charge < -0.3 is 10.5 Å². The lowest BCUT2D eigenvalue weighted by Gasteiger charge is -2.11. The molecule has 0 saturated carbocycles. The summed E-state index contributed by atoms with van der Waals surface area (Å²) in [5, 5.41) is 0. The zero-order valence-corrected chi connectivity index (χ0v) is 9.05. The minimum absolute atomic E-state index is 0.193. The number of carbonyl (C=O) groups excluding carboxylic acids is 1. The van der Waals surface area contributed by atoms with E-state index in [4.69, 9.17) is 5.73 Å². The van der Waals surface area contributed by atoms with Crippen LogP contribution in [0.5, 0.6) is 0 Å². The Morgan fingerprint density at radius 1 is 1.64 bits per heavy atom. The SMILES string of the molecule is COC(=O)C(N)c1cccc(F)c1Br. The largest absolute Gasteiger partial charge is 0.468 e. The predicted octanol–water partition coefficient (Wildman–Crippen LogP) is 1.76. The van der Waals surface area contributed by atoms with Crippen molar-refractivity contribution in [3.8, 4) is 0 Å². The highest BCUT2D eigenvalue weighted by atomic mass is 79.9. The van der Waals surface area contributed by atoms with E-state index in [1.807, 2.05) is 0 Å². The van der Waals surface area contributed by atoms with Crippen LogP contribution in [0.4, 0.5) is 4.39 Å². The second-order valence-corrected chi connectivity index (χ2v) is 3.44. The number of hydrogen-bond acceptors (Lipinski definition) is 3. The monoisotopic (exact) mass is 261 g/mol. The first-order valence-electron chi connectivity index (χ1n) is 3.85. The summed E-state index contributed by atoms with van der Waals surface area (Å²) >= 11 is 3.02. The van der Waals surface area contributed by atoms with Gasteiger partial charge in [0.2, 0.25) is 0 Å². The summed E-state index contributed by atoms with van der Waals surface area (Å²) in [5.74, 6) is -1.06. The fourth-order valence-electron chi connectivity index (χ4n) is 1.01. The van der Waals surface area contributed by atoms with Crippen LogP contribution in [0.2, 0.25) is 0 Å². The number of rotatable bonds is 2. The van der Waals surface area contributed by atoms with Crippen LogP contribution in [-0.4, -0.2) is 13.1 Å². The summed E-state index contributed by atoms with van der Waals surface area (Å²) in [4.78, 5) is 11.1. The van der Waals surface area contributed by atoms with Gasteiger partial charge in [-0.05, 0) is 27.6 Å². The molecule has 0 amide bonds. The van der Waals surface area contributed by atoms with Gasteiger partial charge in [-0.25, -0.2) is 4.39 Å². The Morgan fingerprint density at radius 3 is 2.86 bits per heavy atom. The molecule has 0 aliphatic carbocycles. The summed E-state index contributed by atoms with van der Waals surface area (Å²) in [7, 11) is 1.23. The molecule has 5 heteroatoms. The van der Waals surface area contributed by atoms with Crippen molar-refractivity contribution in [3.63, 3.8) is 0 Å². The van der Waals surface area contributed by atoms with Crippen LogP contribution in [0.15, 0.2) is 22.7 Å². The highest BCUT2D eigenvalue weighted by Gasteiger charge is 2.20. The van der Waals surface area contributed by atoms with Gasteiger partial charge in [-0.1, -0.05) is 12.1 Å². The molecule has 0 aromatic heterocycles. The van der Waals surface area contributed by atoms with Crippen molar-refractivity contribution in [2.45, 2.75) is 6.04 Å². The molecular weight excluding hydrogens is 253 g/mol. The molecule has 14 heavy (non-hydrogen) atoms. The predicted molar refractivity (Wildman–Crippen MR) is 53.0 cm³/mol. The highest BCUT2D eigenvalue weighted by Crippen LogP contribution is 2.25. The molecule has 1 aromatic rings. The smallest absolute Gasteiger partial charge is 0.327 e. The van der Waals surface area contributed by atoms with Gasteiger partial charge in [0.1, 0.15) is 11.9 Å². The number of nitrogens with two attached hydrogens (primary N) is 1. The van der Waals surface area contributed by atoms with Crippen LogP contribution in [-0.2, 0) is 9.53 Å². The van der Waals surface area contributed by atoms with Gasteiger partial charge >= 0.3 is 5.97 Å². The van der Waals surface area contributed by atoms with Gasteiger partial charge in [-0.15, -0.1) is 0 Å². The molecular formula is C9H9BrFNO2. The molecule has 0 bridgehead atoms. The van der Waals surface area contributed by atoms with Gasteiger partial charge in [0.25, 0.3) is 0 Å². The van der Waals surface area contributed by atoms with E-state index in [2.05, 4.69) is 20.7 Å². The molecule has 1 atom stereocenters. The summed E-state index contributed by atoms with van der Waals surface area (Å²) in [6.07, 6.45) is 0. The maximum Gasteiger partial charge on any atom is 0.327 e. The number of ether oxygens (including phenoxy) is 1.